The van der Waals surface area contributed by atoms with Gasteiger partial charge in [-0.05, 0) is 19.4 Å². The zero-order chi connectivity index (χ0) is 15.2. The molecule has 21 heavy (non-hydrogen) atoms. The van der Waals surface area contributed by atoms with Crippen molar-refractivity contribution in [1.82, 2.24) is 15.3 Å². The molecule has 0 bridgehead atoms. The largest absolute Gasteiger partial charge is 0.456 e. The Morgan fingerprint density at radius 3 is 2.48 bits per heavy atom. The van der Waals surface area contributed by atoms with E-state index in [1.54, 1.807) is 0 Å². The molecule has 112 valence electrons. The molecule has 1 aromatic carbocycles. The molecule has 0 aliphatic carbocycles. The SMILES string of the molecule is Cc1nc(OC(C)c2ccccc2)ncc1CNC(C)C. The van der Waals surface area contributed by atoms with Crippen LogP contribution < -0.4 is 10.1 Å². The van der Waals surface area contributed by atoms with Crippen molar-refractivity contribution >= 4 is 0 Å². The van der Waals surface area contributed by atoms with Gasteiger partial charge < -0.3 is 10.1 Å². The maximum absolute atomic E-state index is 5.82. The molecule has 0 aliphatic heterocycles. The summed E-state index contributed by atoms with van der Waals surface area (Å²) in [5.74, 6) is 0. The second-order valence-electron chi connectivity index (χ2n) is 5.47. The van der Waals surface area contributed by atoms with Crippen LogP contribution in [0.5, 0.6) is 6.01 Å². The standard InChI is InChI=1S/C17H23N3O/c1-12(2)18-10-16-11-19-17(20-13(16)3)21-14(4)15-8-6-5-7-9-15/h5-9,11-12,14,18H,10H2,1-4H3. The van der Waals surface area contributed by atoms with Gasteiger partial charge in [0.1, 0.15) is 6.10 Å². The van der Waals surface area contributed by atoms with Crippen molar-refractivity contribution in [3.05, 3.63) is 53.3 Å². The van der Waals surface area contributed by atoms with E-state index in [1.165, 1.54) is 0 Å². The first kappa shape index (κ1) is 15.4. The third-order valence-electron chi connectivity index (χ3n) is 3.31. The lowest BCUT2D eigenvalue weighted by Crippen LogP contribution is -2.22. The fourth-order valence-electron chi connectivity index (χ4n) is 1.97. The Morgan fingerprint density at radius 1 is 1.14 bits per heavy atom. The minimum atomic E-state index is -0.0646. The maximum atomic E-state index is 5.82. The van der Waals surface area contributed by atoms with Crippen LogP contribution in [0.3, 0.4) is 0 Å². The Labute approximate surface area is 126 Å². The van der Waals surface area contributed by atoms with E-state index in [9.17, 15) is 0 Å². The molecule has 2 rings (SSSR count). The molecule has 0 saturated heterocycles. The van der Waals surface area contributed by atoms with Gasteiger partial charge in [0.2, 0.25) is 0 Å². The van der Waals surface area contributed by atoms with Gasteiger partial charge in [-0.15, -0.1) is 0 Å². The molecule has 1 N–H and O–H groups in total. The summed E-state index contributed by atoms with van der Waals surface area (Å²) in [5.41, 5.74) is 3.17. The number of benzene rings is 1. The van der Waals surface area contributed by atoms with Gasteiger partial charge >= 0.3 is 6.01 Å². The van der Waals surface area contributed by atoms with Gasteiger partial charge in [0.25, 0.3) is 0 Å². The maximum Gasteiger partial charge on any atom is 0.317 e. The second-order valence-corrected chi connectivity index (χ2v) is 5.47. The highest BCUT2D eigenvalue weighted by atomic mass is 16.5. The van der Waals surface area contributed by atoms with Crippen molar-refractivity contribution in [3.63, 3.8) is 0 Å². The molecule has 0 amide bonds. The first-order valence-corrected chi connectivity index (χ1v) is 7.33. The Hall–Kier alpha value is -1.94. The summed E-state index contributed by atoms with van der Waals surface area (Å²) in [6.45, 7) is 9.00. The van der Waals surface area contributed by atoms with Crippen molar-refractivity contribution in [1.29, 1.82) is 0 Å². The molecular formula is C17H23N3O. The van der Waals surface area contributed by atoms with Crippen LogP contribution in [-0.2, 0) is 6.54 Å². The Kier molecular flexibility index (Phi) is 5.28. The van der Waals surface area contributed by atoms with Gasteiger partial charge in [0.15, 0.2) is 0 Å². The zero-order valence-electron chi connectivity index (χ0n) is 13.1. The molecule has 4 nitrogen and oxygen atoms in total. The quantitative estimate of drug-likeness (QED) is 0.883. The lowest BCUT2D eigenvalue weighted by Gasteiger charge is -2.15. The Balaban J connectivity index is 2.03. The summed E-state index contributed by atoms with van der Waals surface area (Å²) in [7, 11) is 0. The van der Waals surface area contributed by atoms with E-state index in [-0.39, 0.29) is 6.10 Å². The molecule has 4 heteroatoms. The van der Waals surface area contributed by atoms with Gasteiger partial charge in [-0.3, -0.25) is 0 Å². The highest BCUT2D eigenvalue weighted by molar-refractivity contribution is 5.20. The molecule has 0 fully saturated rings. The number of aryl methyl sites for hydroxylation is 1. The number of nitrogens with zero attached hydrogens (tertiary/aromatic N) is 2. The van der Waals surface area contributed by atoms with Crippen LogP contribution >= 0.6 is 0 Å². The third-order valence-corrected chi connectivity index (χ3v) is 3.31. The number of hydrogen-bond acceptors (Lipinski definition) is 4. The van der Waals surface area contributed by atoms with Gasteiger partial charge in [0.05, 0.1) is 0 Å². The van der Waals surface area contributed by atoms with Crippen LogP contribution in [0.25, 0.3) is 0 Å². The van der Waals surface area contributed by atoms with Crippen molar-refractivity contribution < 1.29 is 4.74 Å². The van der Waals surface area contributed by atoms with Crippen LogP contribution in [0, 0.1) is 6.92 Å². The predicted molar refractivity (Wildman–Crippen MR) is 84.2 cm³/mol. The van der Waals surface area contributed by atoms with Crippen molar-refractivity contribution in [2.75, 3.05) is 0 Å². The topological polar surface area (TPSA) is 47.0 Å². The summed E-state index contributed by atoms with van der Waals surface area (Å²) < 4.78 is 5.82. The molecule has 1 aromatic heterocycles. The molecule has 1 heterocycles. The summed E-state index contributed by atoms with van der Waals surface area (Å²) in [6.07, 6.45) is 1.77. The molecule has 0 spiro atoms. The van der Waals surface area contributed by atoms with E-state index in [4.69, 9.17) is 4.74 Å². The van der Waals surface area contributed by atoms with E-state index in [0.717, 1.165) is 23.4 Å². The zero-order valence-corrected chi connectivity index (χ0v) is 13.1. The molecule has 1 unspecified atom stereocenters. The smallest absolute Gasteiger partial charge is 0.317 e. The number of hydrogen-bond donors (Lipinski definition) is 1. The summed E-state index contributed by atoms with van der Waals surface area (Å²) in [6, 6.07) is 10.9. The van der Waals surface area contributed by atoms with Crippen molar-refractivity contribution in [2.24, 2.45) is 0 Å². The fraction of sp³-hybridized carbons (Fsp3) is 0.412. The molecular weight excluding hydrogens is 262 g/mol. The van der Waals surface area contributed by atoms with Gasteiger partial charge in [-0.1, -0.05) is 44.2 Å². The van der Waals surface area contributed by atoms with E-state index in [1.807, 2.05) is 50.4 Å². The molecule has 0 radical (unpaired) electrons. The molecule has 1 atom stereocenters. The Bertz CT molecular complexity index is 570. The van der Waals surface area contributed by atoms with E-state index < -0.39 is 0 Å². The molecule has 0 saturated carbocycles. The Morgan fingerprint density at radius 2 is 1.86 bits per heavy atom. The van der Waals surface area contributed by atoms with Crippen LogP contribution in [0.1, 0.15) is 43.7 Å². The highest BCUT2D eigenvalue weighted by Crippen LogP contribution is 2.19. The van der Waals surface area contributed by atoms with Crippen LogP contribution in [-0.4, -0.2) is 16.0 Å². The first-order valence-electron chi connectivity index (χ1n) is 7.33. The van der Waals surface area contributed by atoms with Crippen molar-refractivity contribution in [2.45, 2.75) is 46.4 Å². The first-order chi connectivity index (χ1) is 10.1. The van der Waals surface area contributed by atoms with Gasteiger partial charge in [-0.25, -0.2) is 9.97 Å². The summed E-state index contributed by atoms with van der Waals surface area (Å²) in [5, 5.41) is 3.37. The van der Waals surface area contributed by atoms with E-state index in [2.05, 4.69) is 29.1 Å². The van der Waals surface area contributed by atoms with Gasteiger partial charge in [-0.2, -0.15) is 0 Å². The average Bonchev–Trinajstić information content (AvgIpc) is 2.47. The second kappa shape index (κ2) is 7.18. The van der Waals surface area contributed by atoms with Gasteiger partial charge in [0, 0.05) is 30.0 Å². The van der Waals surface area contributed by atoms with E-state index in [0.29, 0.717) is 12.1 Å². The average molecular weight is 285 g/mol. The number of ether oxygens (including phenoxy) is 1. The third kappa shape index (κ3) is 4.53. The van der Waals surface area contributed by atoms with Crippen LogP contribution in [0.2, 0.25) is 0 Å². The summed E-state index contributed by atoms with van der Waals surface area (Å²) in [4.78, 5) is 8.75. The number of rotatable bonds is 6. The number of aromatic nitrogens is 2. The summed E-state index contributed by atoms with van der Waals surface area (Å²) >= 11 is 0. The monoisotopic (exact) mass is 285 g/mol. The number of nitrogens with one attached hydrogen (secondary N) is 1. The highest BCUT2D eigenvalue weighted by Gasteiger charge is 2.10. The predicted octanol–water partition coefficient (Wildman–Crippen LogP) is 3.42. The van der Waals surface area contributed by atoms with E-state index >= 15 is 0 Å². The fourth-order valence-corrected chi connectivity index (χ4v) is 1.97. The minimum absolute atomic E-state index is 0.0646. The van der Waals surface area contributed by atoms with Crippen LogP contribution in [0.15, 0.2) is 36.5 Å². The molecule has 2 aromatic rings. The van der Waals surface area contributed by atoms with Crippen molar-refractivity contribution in [3.8, 4) is 6.01 Å². The lowest BCUT2D eigenvalue weighted by molar-refractivity contribution is 0.206. The minimum Gasteiger partial charge on any atom is -0.456 e. The molecule has 0 aliphatic rings. The normalized spacial score (nSPS) is 12.4. The lowest BCUT2D eigenvalue weighted by atomic mass is 10.1. The van der Waals surface area contributed by atoms with Crippen LogP contribution in [0.4, 0.5) is 0 Å².